The van der Waals surface area contributed by atoms with E-state index in [1.807, 2.05) is 17.7 Å². The number of hydrogen-bond acceptors (Lipinski definition) is 4. The monoisotopic (exact) mass is 417 g/mol. The highest BCUT2D eigenvalue weighted by Gasteiger charge is 2.33. The minimum absolute atomic E-state index is 0.0472. The van der Waals surface area contributed by atoms with E-state index in [1.54, 1.807) is 11.8 Å². The molecule has 2 aliphatic rings. The van der Waals surface area contributed by atoms with Crippen molar-refractivity contribution in [3.63, 3.8) is 0 Å². The third kappa shape index (κ3) is 4.35. The summed E-state index contributed by atoms with van der Waals surface area (Å²) in [6.07, 6.45) is 3.09. The van der Waals surface area contributed by atoms with Gasteiger partial charge in [-0.05, 0) is 35.6 Å². The van der Waals surface area contributed by atoms with E-state index in [1.165, 1.54) is 23.8 Å². The van der Waals surface area contributed by atoms with Crippen LogP contribution in [0.2, 0.25) is 5.02 Å². The maximum Gasteiger partial charge on any atom is 0.253 e. The quantitative estimate of drug-likeness (QED) is 0.787. The van der Waals surface area contributed by atoms with Crippen LogP contribution >= 0.6 is 23.4 Å². The maximum atomic E-state index is 13.3. The van der Waals surface area contributed by atoms with Gasteiger partial charge < -0.3 is 10.2 Å². The Balaban J connectivity index is 1.36. The van der Waals surface area contributed by atoms with Crippen LogP contribution < -0.4 is 5.32 Å². The molecule has 1 N–H and O–H groups in total. The average molecular weight is 418 g/mol. The molecule has 0 aromatic heterocycles. The first-order chi connectivity index (χ1) is 13.6. The number of amides is 1. The van der Waals surface area contributed by atoms with Gasteiger partial charge in [0.15, 0.2) is 5.50 Å². The van der Waals surface area contributed by atoms with E-state index < -0.39 is 5.82 Å². The first kappa shape index (κ1) is 19.3. The fourth-order valence-corrected chi connectivity index (χ4v) is 4.72. The molecule has 4 nitrogen and oxygen atoms in total. The Morgan fingerprint density at radius 2 is 2.07 bits per heavy atom. The van der Waals surface area contributed by atoms with Gasteiger partial charge in [-0.1, -0.05) is 53.7 Å². The van der Waals surface area contributed by atoms with E-state index in [2.05, 4.69) is 39.4 Å². The van der Waals surface area contributed by atoms with Gasteiger partial charge in [0.05, 0.1) is 5.02 Å². The standard InChI is InChI=1S/C21H21ClFN3OS/c22-18-12-16(6-7-19(18)23)20(27)24-21-26(10-11-28-21)17-8-9-25(14-17)13-15-4-2-1-3-5-15/h1-7,10-12,17,21H,8-9,13-14H2,(H,24,27)/t17-,21?/m0/s1. The smallest absolute Gasteiger partial charge is 0.253 e. The SMILES string of the molecule is O=C(NC1SC=CN1[C@H]1CCN(Cc2ccccc2)C1)c1ccc(F)c(Cl)c1. The molecular weight excluding hydrogens is 397 g/mol. The first-order valence-electron chi connectivity index (χ1n) is 9.22. The highest BCUT2D eigenvalue weighted by molar-refractivity contribution is 8.02. The topological polar surface area (TPSA) is 35.6 Å². The third-order valence-electron chi connectivity index (χ3n) is 5.07. The van der Waals surface area contributed by atoms with Gasteiger partial charge in [0.25, 0.3) is 5.91 Å². The number of benzene rings is 2. The van der Waals surface area contributed by atoms with Crippen molar-refractivity contribution in [2.24, 2.45) is 0 Å². The molecule has 1 amide bonds. The fourth-order valence-electron chi connectivity index (χ4n) is 3.62. The van der Waals surface area contributed by atoms with Crippen molar-refractivity contribution in [2.75, 3.05) is 13.1 Å². The molecule has 28 heavy (non-hydrogen) atoms. The van der Waals surface area contributed by atoms with E-state index in [9.17, 15) is 9.18 Å². The summed E-state index contributed by atoms with van der Waals surface area (Å²) in [6, 6.07) is 14.8. The normalized spacial score (nSPS) is 22.0. The van der Waals surface area contributed by atoms with E-state index in [0.717, 1.165) is 26.1 Å². The molecule has 2 aromatic carbocycles. The van der Waals surface area contributed by atoms with Crippen molar-refractivity contribution in [3.05, 3.63) is 82.1 Å². The zero-order valence-electron chi connectivity index (χ0n) is 15.2. The summed E-state index contributed by atoms with van der Waals surface area (Å²) in [5, 5.41) is 4.98. The van der Waals surface area contributed by atoms with Crippen molar-refractivity contribution in [3.8, 4) is 0 Å². The maximum absolute atomic E-state index is 13.3. The van der Waals surface area contributed by atoms with Crippen molar-refractivity contribution >= 4 is 29.3 Å². The van der Waals surface area contributed by atoms with Crippen LogP contribution in [0.1, 0.15) is 22.3 Å². The molecule has 0 radical (unpaired) electrons. The highest BCUT2D eigenvalue weighted by atomic mass is 35.5. The number of carbonyl (C=O) groups excluding carboxylic acids is 1. The molecule has 1 unspecified atom stereocenters. The molecule has 4 rings (SSSR count). The van der Waals surface area contributed by atoms with Crippen LogP contribution in [0.25, 0.3) is 0 Å². The van der Waals surface area contributed by atoms with Crippen molar-refractivity contribution < 1.29 is 9.18 Å². The second-order valence-corrected chi connectivity index (χ2v) is 8.38. The molecule has 1 saturated heterocycles. The molecule has 2 aromatic rings. The molecule has 0 aliphatic carbocycles. The van der Waals surface area contributed by atoms with Crippen LogP contribution in [0, 0.1) is 5.82 Å². The van der Waals surface area contributed by atoms with E-state index in [-0.39, 0.29) is 16.4 Å². The van der Waals surface area contributed by atoms with Gasteiger partial charge in [-0.3, -0.25) is 9.69 Å². The molecule has 2 atom stereocenters. The number of carbonyl (C=O) groups is 1. The minimum atomic E-state index is -0.527. The molecule has 1 fully saturated rings. The molecule has 0 saturated carbocycles. The van der Waals surface area contributed by atoms with Crippen LogP contribution in [-0.2, 0) is 6.54 Å². The molecule has 146 valence electrons. The summed E-state index contributed by atoms with van der Waals surface area (Å²) in [4.78, 5) is 17.2. The van der Waals surface area contributed by atoms with Crippen molar-refractivity contribution in [2.45, 2.75) is 24.5 Å². The second kappa shape index (κ2) is 8.55. The number of hydrogen-bond donors (Lipinski definition) is 1. The largest absolute Gasteiger partial charge is 0.344 e. The number of thioether (sulfide) groups is 1. The summed E-state index contributed by atoms with van der Waals surface area (Å²) < 4.78 is 13.3. The Bertz CT molecular complexity index is 879. The lowest BCUT2D eigenvalue weighted by Crippen LogP contribution is -2.47. The Kier molecular flexibility index (Phi) is 5.90. The number of nitrogens with one attached hydrogen (secondary N) is 1. The third-order valence-corrected chi connectivity index (χ3v) is 6.25. The van der Waals surface area contributed by atoms with E-state index >= 15 is 0 Å². The zero-order valence-corrected chi connectivity index (χ0v) is 16.8. The number of nitrogens with zero attached hydrogens (tertiary/aromatic N) is 2. The molecule has 2 heterocycles. The van der Waals surface area contributed by atoms with Gasteiger partial charge in [-0.15, -0.1) is 0 Å². The summed E-state index contributed by atoms with van der Waals surface area (Å²) in [5.74, 6) is -0.784. The lowest BCUT2D eigenvalue weighted by molar-refractivity contribution is 0.0914. The molecule has 0 spiro atoms. The number of likely N-dealkylation sites (tertiary alicyclic amines) is 1. The molecule has 0 bridgehead atoms. The highest BCUT2D eigenvalue weighted by Crippen LogP contribution is 2.30. The Labute approximate surface area is 173 Å². The van der Waals surface area contributed by atoms with Gasteiger partial charge in [0, 0.05) is 37.4 Å². The summed E-state index contributed by atoms with van der Waals surface area (Å²) in [7, 11) is 0. The predicted octanol–water partition coefficient (Wildman–Crippen LogP) is 4.29. The molecule has 7 heteroatoms. The van der Waals surface area contributed by atoms with Crippen LogP contribution in [0.4, 0.5) is 4.39 Å². The zero-order chi connectivity index (χ0) is 19.5. The van der Waals surface area contributed by atoms with Gasteiger partial charge >= 0.3 is 0 Å². The summed E-state index contributed by atoms with van der Waals surface area (Å²) in [6.45, 7) is 2.92. The van der Waals surface area contributed by atoms with Crippen molar-refractivity contribution in [1.82, 2.24) is 15.1 Å². The Morgan fingerprint density at radius 1 is 1.25 bits per heavy atom. The Hall–Kier alpha value is -2.02. The lowest BCUT2D eigenvalue weighted by atomic mass is 10.2. The van der Waals surface area contributed by atoms with Gasteiger partial charge in [0.2, 0.25) is 0 Å². The minimum Gasteiger partial charge on any atom is -0.344 e. The Morgan fingerprint density at radius 3 is 2.86 bits per heavy atom. The van der Waals surface area contributed by atoms with Crippen LogP contribution in [-0.4, -0.2) is 40.3 Å². The molecule has 2 aliphatic heterocycles. The number of halogens is 2. The summed E-state index contributed by atoms with van der Waals surface area (Å²) >= 11 is 7.36. The van der Waals surface area contributed by atoms with Gasteiger partial charge in [-0.2, -0.15) is 0 Å². The lowest BCUT2D eigenvalue weighted by Gasteiger charge is -2.31. The van der Waals surface area contributed by atoms with E-state index in [4.69, 9.17) is 11.6 Å². The fraction of sp³-hybridized carbons (Fsp3) is 0.286. The second-order valence-electron chi connectivity index (χ2n) is 6.99. The van der Waals surface area contributed by atoms with Crippen LogP contribution in [0.15, 0.2) is 60.1 Å². The summed E-state index contributed by atoms with van der Waals surface area (Å²) in [5.41, 5.74) is 1.50. The van der Waals surface area contributed by atoms with Gasteiger partial charge in [0.1, 0.15) is 5.82 Å². The van der Waals surface area contributed by atoms with E-state index in [0.29, 0.717) is 11.6 Å². The number of rotatable bonds is 5. The molecular formula is C21H21ClFN3OS. The van der Waals surface area contributed by atoms with Gasteiger partial charge in [-0.25, -0.2) is 4.39 Å². The predicted molar refractivity (Wildman–Crippen MR) is 111 cm³/mol. The first-order valence-corrected chi connectivity index (χ1v) is 10.5. The van der Waals surface area contributed by atoms with Crippen molar-refractivity contribution in [1.29, 1.82) is 0 Å². The van der Waals surface area contributed by atoms with Crippen LogP contribution in [0.5, 0.6) is 0 Å². The van der Waals surface area contributed by atoms with Crippen LogP contribution in [0.3, 0.4) is 0 Å². The average Bonchev–Trinajstić information content (AvgIpc) is 3.34.